The van der Waals surface area contributed by atoms with E-state index in [1.165, 1.54) is 16.7 Å². The Hall–Kier alpha value is -2.12. The third-order valence-electron chi connectivity index (χ3n) is 4.42. The third kappa shape index (κ3) is 5.32. The molecular formula is C17H19F3N4O4S2. The molecule has 1 aliphatic rings. The quantitative estimate of drug-likeness (QED) is 0.646. The van der Waals surface area contributed by atoms with Crippen LogP contribution in [0.2, 0.25) is 0 Å². The van der Waals surface area contributed by atoms with Crippen molar-refractivity contribution in [2.24, 2.45) is 0 Å². The number of nitrogens with zero attached hydrogens (tertiary/aromatic N) is 4. The summed E-state index contributed by atoms with van der Waals surface area (Å²) in [5.74, 6) is 1.36. The minimum atomic E-state index is -4.63. The average Bonchev–Trinajstić information content (AvgIpc) is 3.12. The standard InChI is InChI=1S/C17H19F3N4O4S2/c1-12-21-15(22-28-12)10-29-11-16(25)23-5-7-24(8-6-23)30(26,27)14-4-2-3-13(9-14)17(18,19)20/h2-4,9H,5-8,10-11H2,1H3. The number of rotatable bonds is 6. The van der Waals surface area contributed by atoms with Crippen LogP contribution < -0.4 is 0 Å². The number of benzene rings is 1. The largest absolute Gasteiger partial charge is 0.416 e. The van der Waals surface area contributed by atoms with Crippen LogP contribution in [0.15, 0.2) is 33.7 Å². The molecule has 1 aliphatic heterocycles. The van der Waals surface area contributed by atoms with Gasteiger partial charge in [-0.25, -0.2) is 8.42 Å². The molecule has 1 aromatic heterocycles. The second-order valence-corrected chi connectivity index (χ2v) is 9.46. The van der Waals surface area contributed by atoms with Crippen LogP contribution in [0, 0.1) is 6.92 Å². The van der Waals surface area contributed by atoms with Gasteiger partial charge >= 0.3 is 6.18 Å². The normalized spacial score (nSPS) is 16.1. The Labute approximate surface area is 175 Å². The summed E-state index contributed by atoms with van der Waals surface area (Å²) >= 11 is 1.31. The molecule has 30 heavy (non-hydrogen) atoms. The Bertz CT molecular complexity index is 1000. The number of aromatic nitrogens is 2. The smallest absolute Gasteiger partial charge is 0.340 e. The van der Waals surface area contributed by atoms with E-state index in [1.54, 1.807) is 6.92 Å². The lowest BCUT2D eigenvalue weighted by atomic mass is 10.2. The number of thioether (sulfide) groups is 1. The van der Waals surface area contributed by atoms with Crippen molar-refractivity contribution in [3.05, 3.63) is 41.5 Å². The summed E-state index contributed by atoms with van der Waals surface area (Å²) in [6.45, 7) is 2.02. The molecule has 1 fully saturated rings. The summed E-state index contributed by atoms with van der Waals surface area (Å²) in [5, 5.41) is 3.74. The molecule has 8 nitrogen and oxygen atoms in total. The molecule has 164 valence electrons. The molecule has 3 rings (SSSR count). The van der Waals surface area contributed by atoms with Crippen molar-refractivity contribution in [3.63, 3.8) is 0 Å². The SMILES string of the molecule is Cc1nc(CSCC(=O)N2CCN(S(=O)(=O)c3cccc(C(F)(F)F)c3)CC2)no1. The number of hydrogen-bond acceptors (Lipinski definition) is 7. The monoisotopic (exact) mass is 464 g/mol. The molecule has 1 aromatic carbocycles. The van der Waals surface area contributed by atoms with Gasteiger partial charge in [-0.2, -0.15) is 22.5 Å². The maximum absolute atomic E-state index is 12.9. The minimum Gasteiger partial charge on any atom is -0.340 e. The predicted molar refractivity (Wildman–Crippen MR) is 102 cm³/mol. The van der Waals surface area contributed by atoms with Crippen LogP contribution >= 0.6 is 11.8 Å². The first kappa shape index (κ1) is 22.6. The first-order chi connectivity index (χ1) is 14.1. The molecule has 13 heteroatoms. The van der Waals surface area contributed by atoms with Gasteiger partial charge in [-0.3, -0.25) is 4.79 Å². The zero-order valence-electron chi connectivity index (χ0n) is 15.9. The van der Waals surface area contributed by atoms with Gasteiger partial charge in [-0.15, -0.1) is 11.8 Å². The highest BCUT2D eigenvalue weighted by Gasteiger charge is 2.34. The van der Waals surface area contributed by atoms with Crippen molar-refractivity contribution in [2.75, 3.05) is 31.9 Å². The lowest BCUT2D eigenvalue weighted by Crippen LogP contribution is -2.51. The number of alkyl halides is 3. The van der Waals surface area contributed by atoms with Crippen LogP contribution in [-0.2, 0) is 26.7 Å². The Kier molecular flexibility index (Phi) is 6.72. The van der Waals surface area contributed by atoms with Gasteiger partial charge in [0.1, 0.15) is 0 Å². The van der Waals surface area contributed by atoms with E-state index in [0.29, 0.717) is 23.5 Å². The Morgan fingerprint density at radius 1 is 1.23 bits per heavy atom. The number of carbonyl (C=O) groups excluding carboxylic acids is 1. The fourth-order valence-corrected chi connectivity index (χ4v) is 5.11. The van der Waals surface area contributed by atoms with E-state index in [2.05, 4.69) is 10.1 Å². The van der Waals surface area contributed by atoms with Crippen molar-refractivity contribution in [1.29, 1.82) is 0 Å². The van der Waals surface area contributed by atoms with E-state index >= 15 is 0 Å². The van der Waals surface area contributed by atoms with Crippen molar-refractivity contribution in [3.8, 4) is 0 Å². The molecule has 1 amide bonds. The van der Waals surface area contributed by atoms with Crippen LogP contribution in [0.3, 0.4) is 0 Å². The molecule has 1 saturated heterocycles. The first-order valence-corrected chi connectivity index (χ1v) is 11.5. The lowest BCUT2D eigenvalue weighted by Gasteiger charge is -2.34. The van der Waals surface area contributed by atoms with Gasteiger partial charge < -0.3 is 9.42 Å². The number of sulfonamides is 1. The molecule has 0 bridgehead atoms. The van der Waals surface area contributed by atoms with Crippen molar-refractivity contribution < 1.29 is 30.9 Å². The molecule has 2 aromatic rings. The molecule has 0 N–H and O–H groups in total. The van der Waals surface area contributed by atoms with Gasteiger partial charge in [0.05, 0.1) is 22.0 Å². The molecular weight excluding hydrogens is 445 g/mol. The third-order valence-corrected chi connectivity index (χ3v) is 7.22. The van der Waals surface area contributed by atoms with Crippen LogP contribution in [0.1, 0.15) is 17.3 Å². The summed E-state index contributed by atoms with van der Waals surface area (Å²) in [5.41, 5.74) is -1.02. The van der Waals surface area contributed by atoms with Gasteiger partial charge in [0.2, 0.25) is 21.8 Å². The molecule has 0 unspecified atom stereocenters. The molecule has 0 saturated carbocycles. The second kappa shape index (κ2) is 8.94. The van der Waals surface area contributed by atoms with Crippen molar-refractivity contribution in [1.82, 2.24) is 19.3 Å². The molecule has 2 heterocycles. The van der Waals surface area contributed by atoms with E-state index < -0.39 is 26.7 Å². The number of halogens is 3. The Morgan fingerprint density at radius 2 is 1.93 bits per heavy atom. The number of hydrogen-bond donors (Lipinski definition) is 0. The molecule has 0 aliphatic carbocycles. The van der Waals surface area contributed by atoms with Crippen molar-refractivity contribution in [2.45, 2.75) is 23.7 Å². The van der Waals surface area contributed by atoms with E-state index in [1.807, 2.05) is 0 Å². The topological polar surface area (TPSA) is 96.6 Å². The van der Waals surface area contributed by atoms with E-state index in [-0.39, 0.29) is 37.8 Å². The second-order valence-electron chi connectivity index (χ2n) is 6.53. The van der Waals surface area contributed by atoms with Gasteiger partial charge in [0.25, 0.3) is 0 Å². The number of amides is 1. The van der Waals surface area contributed by atoms with Crippen LogP contribution in [-0.4, -0.2) is 65.6 Å². The predicted octanol–water partition coefficient (Wildman–Crippen LogP) is 2.16. The van der Waals surface area contributed by atoms with Crippen molar-refractivity contribution >= 4 is 27.7 Å². The highest BCUT2D eigenvalue weighted by Crippen LogP contribution is 2.31. The van der Waals surface area contributed by atoms with E-state index in [4.69, 9.17) is 4.52 Å². The minimum absolute atomic E-state index is 0.0129. The summed E-state index contributed by atoms with van der Waals surface area (Å²) in [4.78, 5) is 17.5. The maximum atomic E-state index is 12.9. The highest BCUT2D eigenvalue weighted by atomic mass is 32.2. The summed E-state index contributed by atoms with van der Waals surface area (Å²) < 4.78 is 70.0. The van der Waals surface area contributed by atoms with Gasteiger partial charge in [0, 0.05) is 33.1 Å². The van der Waals surface area contributed by atoms with E-state index in [0.717, 1.165) is 22.5 Å². The summed E-state index contributed by atoms with van der Waals surface area (Å²) in [6.07, 6.45) is -4.63. The van der Waals surface area contributed by atoms with Gasteiger partial charge in [-0.05, 0) is 18.2 Å². The fraction of sp³-hybridized carbons (Fsp3) is 0.471. The van der Waals surface area contributed by atoms with Gasteiger partial charge in [0.15, 0.2) is 5.82 Å². The van der Waals surface area contributed by atoms with Crippen LogP contribution in [0.25, 0.3) is 0 Å². The Morgan fingerprint density at radius 3 is 2.53 bits per heavy atom. The first-order valence-electron chi connectivity index (χ1n) is 8.89. The molecule has 0 radical (unpaired) electrons. The van der Waals surface area contributed by atoms with Crippen LogP contribution in [0.4, 0.5) is 13.2 Å². The number of carbonyl (C=O) groups is 1. The molecule has 0 atom stereocenters. The number of piperazine rings is 1. The average molecular weight is 464 g/mol. The zero-order valence-corrected chi connectivity index (χ0v) is 17.6. The fourth-order valence-electron chi connectivity index (χ4n) is 2.88. The highest BCUT2D eigenvalue weighted by molar-refractivity contribution is 7.99. The van der Waals surface area contributed by atoms with E-state index in [9.17, 15) is 26.4 Å². The summed E-state index contributed by atoms with van der Waals surface area (Å²) in [6, 6.07) is 3.66. The Balaban J connectivity index is 1.54. The number of aryl methyl sites for hydroxylation is 1. The summed E-state index contributed by atoms with van der Waals surface area (Å²) in [7, 11) is -4.08. The lowest BCUT2D eigenvalue weighted by molar-refractivity contribution is -0.137. The van der Waals surface area contributed by atoms with Crippen LogP contribution in [0.5, 0.6) is 0 Å². The maximum Gasteiger partial charge on any atom is 0.416 e. The zero-order chi connectivity index (χ0) is 21.9. The van der Waals surface area contributed by atoms with Gasteiger partial charge in [-0.1, -0.05) is 11.2 Å². The molecule has 0 spiro atoms.